The standard InChI is InChI=1S/C12H14ClF2N3O/c13-8-6-9(10(16)19)11(17-7-8)18-4-1-2-12(14,15)3-5-18/h6-7H,1-5H2,(H2,16,19). The minimum atomic E-state index is -2.66. The zero-order valence-electron chi connectivity index (χ0n) is 10.2. The summed E-state index contributed by atoms with van der Waals surface area (Å²) in [6, 6.07) is 1.41. The van der Waals surface area contributed by atoms with Crippen LogP contribution in [0.2, 0.25) is 5.02 Å². The number of nitrogens with two attached hydrogens (primary N) is 1. The van der Waals surface area contributed by atoms with Gasteiger partial charge < -0.3 is 10.6 Å². The van der Waals surface area contributed by atoms with Crippen LogP contribution in [0.15, 0.2) is 12.3 Å². The van der Waals surface area contributed by atoms with E-state index in [-0.39, 0.29) is 30.0 Å². The Bertz CT molecular complexity index is 496. The van der Waals surface area contributed by atoms with Crippen molar-refractivity contribution in [3.05, 3.63) is 22.8 Å². The molecule has 2 rings (SSSR count). The minimum absolute atomic E-state index is 0.141. The van der Waals surface area contributed by atoms with Crippen LogP contribution in [-0.4, -0.2) is 29.9 Å². The number of amides is 1. The molecule has 0 unspecified atom stereocenters. The summed E-state index contributed by atoms with van der Waals surface area (Å²) in [5.74, 6) is -3.00. The van der Waals surface area contributed by atoms with E-state index < -0.39 is 11.8 Å². The van der Waals surface area contributed by atoms with E-state index in [1.807, 2.05) is 0 Å². The van der Waals surface area contributed by atoms with Gasteiger partial charge in [-0.05, 0) is 12.5 Å². The first kappa shape index (κ1) is 14.0. The van der Waals surface area contributed by atoms with Crippen molar-refractivity contribution in [2.24, 2.45) is 5.73 Å². The van der Waals surface area contributed by atoms with Gasteiger partial charge in [0.1, 0.15) is 5.82 Å². The van der Waals surface area contributed by atoms with E-state index >= 15 is 0 Å². The van der Waals surface area contributed by atoms with Gasteiger partial charge in [0.15, 0.2) is 0 Å². The molecule has 2 N–H and O–H groups in total. The number of aromatic nitrogens is 1. The maximum absolute atomic E-state index is 13.3. The normalized spacial score (nSPS) is 19.0. The van der Waals surface area contributed by atoms with Gasteiger partial charge in [0.25, 0.3) is 5.91 Å². The zero-order chi connectivity index (χ0) is 14.0. The third-order valence-corrected chi connectivity index (χ3v) is 3.32. The number of primary amides is 1. The highest BCUT2D eigenvalue weighted by Gasteiger charge is 2.32. The number of hydrogen-bond donors (Lipinski definition) is 1. The molecule has 0 saturated carbocycles. The van der Waals surface area contributed by atoms with Crippen LogP contribution in [0.25, 0.3) is 0 Å². The summed E-state index contributed by atoms with van der Waals surface area (Å²) in [5.41, 5.74) is 5.43. The van der Waals surface area contributed by atoms with Crippen LogP contribution in [0.4, 0.5) is 14.6 Å². The van der Waals surface area contributed by atoms with Crippen molar-refractivity contribution in [1.29, 1.82) is 0 Å². The van der Waals surface area contributed by atoms with Gasteiger partial charge in [-0.3, -0.25) is 4.79 Å². The molecule has 1 aromatic heterocycles. The molecule has 1 amide bonds. The molecule has 19 heavy (non-hydrogen) atoms. The van der Waals surface area contributed by atoms with Gasteiger partial charge >= 0.3 is 0 Å². The number of carbonyl (C=O) groups is 1. The van der Waals surface area contributed by atoms with Gasteiger partial charge in [-0.2, -0.15) is 0 Å². The van der Waals surface area contributed by atoms with E-state index in [9.17, 15) is 13.6 Å². The number of anilines is 1. The highest BCUT2D eigenvalue weighted by molar-refractivity contribution is 6.31. The Kier molecular flexibility index (Phi) is 3.89. The van der Waals surface area contributed by atoms with E-state index in [1.54, 1.807) is 4.90 Å². The maximum atomic E-state index is 13.3. The van der Waals surface area contributed by atoms with Crippen LogP contribution in [0.3, 0.4) is 0 Å². The van der Waals surface area contributed by atoms with Crippen molar-refractivity contribution >= 4 is 23.3 Å². The molecule has 0 aliphatic carbocycles. The predicted octanol–water partition coefficient (Wildman–Crippen LogP) is 2.46. The number of halogens is 3. The molecular formula is C12H14ClF2N3O. The minimum Gasteiger partial charge on any atom is -0.365 e. The lowest BCUT2D eigenvalue weighted by Gasteiger charge is -2.23. The molecule has 0 aromatic carbocycles. The van der Waals surface area contributed by atoms with Gasteiger partial charge in [-0.1, -0.05) is 11.6 Å². The summed E-state index contributed by atoms with van der Waals surface area (Å²) < 4.78 is 26.6. The lowest BCUT2D eigenvalue weighted by atomic mass is 10.1. The number of rotatable bonds is 2. The molecule has 1 fully saturated rings. The second kappa shape index (κ2) is 5.28. The summed E-state index contributed by atoms with van der Waals surface area (Å²) in [6.45, 7) is 0.562. The number of pyridine rings is 1. The molecule has 0 atom stereocenters. The van der Waals surface area contributed by atoms with Crippen LogP contribution >= 0.6 is 11.6 Å². The molecule has 0 spiro atoms. The van der Waals surface area contributed by atoms with Gasteiger partial charge in [0.2, 0.25) is 5.92 Å². The Morgan fingerprint density at radius 3 is 2.84 bits per heavy atom. The molecule has 1 aromatic rings. The maximum Gasteiger partial charge on any atom is 0.252 e. The van der Waals surface area contributed by atoms with Crippen LogP contribution in [0, 0.1) is 0 Å². The molecule has 1 saturated heterocycles. The van der Waals surface area contributed by atoms with Crippen molar-refractivity contribution in [3.63, 3.8) is 0 Å². The van der Waals surface area contributed by atoms with Crippen LogP contribution in [-0.2, 0) is 0 Å². The average molecular weight is 290 g/mol. The molecular weight excluding hydrogens is 276 g/mol. The quantitative estimate of drug-likeness (QED) is 0.910. The number of carbonyl (C=O) groups excluding carboxylic acids is 1. The Hall–Kier alpha value is -1.43. The smallest absolute Gasteiger partial charge is 0.252 e. The summed E-state index contributed by atoms with van der Waals surface area (Å²) in [5, 5.41) is 0.290. The van der Waals surface area contributed by atoms with E-state index in [1.165, 1.54) is 12.3 Å². The van der Waals surface area contributed by atoms with Crippen LogP contribution in [0.5, 0.6) is 0 Å². The highest BCUT2D eigenvalue weighted by Crippen LogP contribution is 2.30. The van der Waals surface area contributed by atoms with Crippen LogP contribution < -0.4 is 10.6 Å². The molecule has 1 aliphatic heterocycles. The van der Waals surface area contributed by atoms with Crippen molar-refractivity contribution in [3.8, 4) is 0 Å². The van der Waals surface area contributed by atoms with Crippen LogP contribution in [0.1, 0.15) is 29.6 Å². The van der Waals surface area contributed by atoms with Crippen molar-refractivity contribution < 1.29 is 13.6 Å². The Morgan fingerprint density at radius 1 is 1.42 bits per heavy atom. The van der Waals surface area contributed by atoms with Gasteiger partial charge in [0.05, 0.1) is 10.6 Å². The van der Waals surface area contributed by atoms with Gasteiger partial charge in [-0.15, -0.1) is 0 Å². The van der Waals surface area contributed by atoms with Crippen molar-refractivity contribution in [2.45, 2.75) is 25.2 Å². The second-order valence-electron chi connectivity index (χ2n) is 4.59. The zero-order valence-corrected chi connectivity index (χ0v) is 11.0. The lowest BCUT2D eigenvalue weighted by molar-refractivity contribution is -0.0102. The predicted molar refractivity (Wildman–Crippen MR) is 68.8 cm³/mol. The monoisotopic (exact) mass is 289 g/mol. The Morgan fingerprint density at radius 2 is 2.16 bits per heavy atom. The van der Waals surface area contributed by atoms with Crippen molar-refractivity contribution in [2.75, 3.05) is 18.0 Å². The van der Waals surface area contributed by atoms with Gasteiger partial charge in [0, 0.05) is 32.1 Å². The fourth-order valence-corrected chi connectivity index (χ4v) is 2.30. The van der Waals surface area contributed by atoms with Crippen molar-refractivity contribution in [1.82, 2.24) is 4.98 Å². The Labute approximate surface area is 114 Å². The number of alkyl halides is 2. The van der Waals surface area contributed by atoms with E-state index in [0.29, 0.717) is 18.8 Å². The topological polar surface area (TPSA) is 59.2 Å². The molecule has 0 radical (unpaired) electrons. The average Bonchev–Trinajstić information content (AvgIpc) is 2.50. The summed E-state index contributed by atoms with van der Waals surface area (Å²) in [7, 11) is 0. The third-order valence-electron chi connectivity index (χ3n) is 3.12. The van der Waals surface area contributed by atoms with Gasteiger partial charge in [-0.25, -0.2) is 13.8 Å². The van der Waals surface area contributed by atoms with E-state index in [0.717, 1.165) is 0 Å². The first-order valence-electron chi connectivity index (χ1n) is 5.97. The second-order valence-corrected chi connectivity index (χ2v) is 5.02. The fourth-order valence-electron chi connectivity index (χ4n) is 2.14. The Balaban J connectivity index is 2.29. The molecule has 4 nitrogen and oxygen atoms in total. The molecule has 0 bridgehead atoms. The first-order valence-corrected chi connectivity index (χ1v) is 6.35. The number of nitrogens with zero attached hydrogens (tertiary/aromatic N) is 2. The molecule has 2 heterocycles. The molecule has 7 heteroatoms. The summed E-state index contributed by atoms with van der Waals surface area (Å²) in [4.78, 5) is 17.1. The third kappa shape index (κ3) is 3.32. The SMILES string of the molecule is NC(=O)c1cc(Cl)cnc1N1CCCC(F)(F)CC1. The highest BCUT2D eigenvalue weighted by atomic mass is 35.5. The fraction of sp³-hybridized carbons (Fsp3) is 0.500. The molecule has 104 valence electrons. The summed E-state index contributed by atoms with van der Waals surface area (Å²) in [6.07, 6.45) is 1.32. The lowest BCUT2D eigenvalue weighted by Crippen LogP contribution is -2.29. The largest absolute Gasteiger partial charge is 0.365 e. The first-order chi connectivity index (χ1) is 8.89. The molecule has 1 aliphatic rings. The summed E-state index contributed by atoms with van der Waals surface area (Å²) >= 11 is 5.77. The van der Waals surface area contributed by atoms with E-state index in [4.69, 9.17) is 17.3 Å². The van der Waals surface area contributed by atoms with E-state index in [2.05, 4.69) is 4.98 Å². The number of hydrogen-bond acceptors (Lipinski definition) is 3.